The average Bonchev–Trinajstić information content (AvgIpc) is 2.96. The minimum Gasteiger partial charge on any atom is -0.329 e. The highest BCUT2D eigenvalue weighted by Gasteiger charge is 2.38. The van der Waals surface area contributed by atoms with Gasteiger partial charge in [0.05, 0.1) is 6.04 Å². The molecule has 0 unspecified atom stereocenters. The number of nitrogens with one attached hydrogen (secondary N) is 1. The normalized spacial score (nSPS) is 13.1. The number of aromatic nitrogens is 2. The van der Waals surface area contributed by atoms with Gasteiger partial charge in [0.2, 0.25) is 11.7 Å². The quantitative estimate of drug-likeness (QED) is 0.852. The largest absolute Gasteiger partial charge is 0.471 e. The summed E-state index contributed by atoms with van der Waals surface area (Å²) in [6, 6.07) is 5.29. The Hall–Kier alpha value is -2.13. The second-order valence-corrected chi connectivity index (χ2v) is 6.33. The number of nitrogens with two attached hydrogens (primary N) is 1. The molecular weight excluding hydrogens is 361 g/mol. The molecular formula is C15H18ClF3N4O2. The lowest BCUT2D eigenvalue weighted by Crippen LogP contribution is -2.45. The minimum atomic E-state index is -4.69. The van der Waals surface area contributed by atoms with Gasteiger partial charge in [0, 0.05) is 11.3 Å². The van der Waals surface area contributed by atoms with Crippen LogP contribution in [0.4, 0.5) is 18.9 Å². The maximum absolute atomic E-state index is 12.4. The number of carbonyl (C=O) groups excluding carboxylic acids is 1. The van der Waals surface area contributed by atoms with Gasteiger partial charge in [-0.15, -0.1) is 12.4 Å². The van der Waals surface area contributed by atoms with Crippen molar-refractivity contribution < 1.29 is 22.5 Å². The van der Waals surface area contributed by atoms with Crippen molar-refractivity contribution in [2.24, 2.45) is 11.1 Å². The molecule has 2 rings (SSSR count). The topological polar surface area (TPSA) is 94.0 Å². The highest BCUT2D eigenvalue weighted by atomic mass is 35.5. The van der Waals surface area contributed by atoms with Gasteiger partial charge in [0.1, 0.15) is 0 Å². The number of halogens is 4. The molecule has 0 saturated heterocycles. The van der Waals surface area contributed by atoms with E-state index in [1.165, 1.54) is 24.3 Å². The van der Waals surface area contributed by atoms with Crippen molar-refractivity contribution in [3.63, 3.8) is 0 Å². The molecule has 1 atom stereocenters. The fraction of sp³-hybridized carbons (Fsp3) is 0.400. The predicted molar refractivity (Wildman–Crippen MR) is 88.0 cm³/mol. The van der Waals surface area contributed by atoms with Crippen LogP contribution in [0.1, 0.15) is 26.7 Å². The van der Waals surface area contributed by atoms with Crippen molar-refractivity contribution in [1.29, 1.82) is 0 Å². The predicted octanol–water partition coefficient (Wildman–Crippen LogP) is 3.49. The summed E-state index contributed by atoms with van der Waals surface area (Å²) in [5, 5.41) is 5.94. The standard InChI is InChI=1S/C15H17F3N4O2.ClH/c1-14(2,3)10(19)12(23)20-9-6-4-8(5-7-9)11-21-13(24-22-11)15(16,17)18;/h4-7,10H,19H2,1-3H3,(H,20,23);1H/t10-;/m1./s1. The van der Waals surface area contributed by atoms with Crippen LogP contribution in [0.25, 0.3) is 11.4 Å². The number of carbonyl (C=O) groups is 1. The Bertz CT molecular complexity index is 724. The third-order valence-corrected chi connectivity index (χ3v) is 3.29. The zero-order valence-electron chi connectivity index (χ0n) is 13.7. The monoisotopic (exact) mass is 378 g/mol. The highest BCUT2D eigenvalue weighted by Crippen LogP contribution is 2.29. The number of hydrogen-bond donors (Lipinski definition) is 2. The molecule has 138 valence electrons. The molecule has 10 heteroatoms. The molecule has 6 nitrogen and oxygen atoms in total. The minimum absolute atomic E-state index is 0. The summed E-state index contributed by atoms with van der Waals surface area (Å²) in [6.45, 7) is 5.53. The van der Waals surface area contributed by atoms with E-state index in [2.05, 4.69) is 20.0 Å². The first-order chi connectivity index (χ1) is 11.0. The van der Waals surface area contributed by atoms with Crippen molar-refractivity contribution in [2.75, 3.05) is 5.32 Å². The third-order valence-electron chi connectivity index (χ3n) is 3.29. The first-order valence-electron chi connectivity index (χ1n) is 7.06. The van der Waals surface area contributed by atoms with Crippen molar-refractivity contribution in [3.05, 3.63) is 30.2 Å². The average molecular weight is 379 g/mol. The molecule has 25 heavy (non-hydrogen) atoms. The van der Waals surface area contributed by atoms with Crippen LogP contribution < -0.4 is 11.1 Å². The highest BCUT2D eigenvalue weighted by molar-refractivity contribution is 5.95. The Morgan fingerprint density at radius 1 is 1.20 bits per heavy atom. The zero-order chi connectivity index (χ0) is 18.1. The van der Waals surface area contributed by atoms with Gasteiger partial charge < -0.3 is 15.6 Å². The number of anilines is 1. The molecule has 0 aliphatic carbocycles. The number of benzene rings is 1. The van der Waals surface area contributed by atoms with Gasteiger partial charge in [-0.25, -0.2) is 0 Å². The van der Waals surface area contributed by atoms with E-state index in [0.29, 0.717) is 11.3 Å². The molecule has 0 aliphatic rings. The van der Waals surface area contributed by atoms with Crippen LogP contribution in [0, 0.1) is 5.41 Å². The molecule has 0 saturated carbocycles. The van der Waals surface area contributed by atoms with E-state index >= 15 is 0 Å². The molecule has 1 aromatic carbocycles. The molecule has 0 fully saturated rings. The van der Waals surface area contributed by atoms with E-state index < -0.39 is 23.5 Å². The van der Waals surface area contributed by atoms with Gasteiger partial charge in [-0.05, 0) is 29.7 Å². The van der Waals surface area contributed by atoms with Crippen LogP contribution >= 0.6 is 12.4 Å². The zero-order valence-corrected chi connectivity index (χ0v) is 14.5. The first-order valence-corrected chi connectivity index (χ1v) is 7.06. The van der Waals surface area contributed by atoms with Gasteiger partial charge in [-0.3, -0.25) is 4.79 Å². The fourth-order valence-corrected chi connectivity index (χ4v) is 1.77. The van der Waals surface area contributed by atoms with Crippen molar-refractivity contribution in [2.45, 2.75) is 33.0 Å². The number of rotatable bonds is 3. The number of amides is 1. The first kappa shape index (κ1) is 20.9. The Morgan fingerprint density at radius 3 is 2.20 bits per heavy atom. The maximum Gasteiger partial charge on any atom is 0.471 e. The van der Waals surface area contributed by atoms with E-state index in [1.54, 1.807) is 0 Å². The lowest BCUT2D eigenvalue weighted by atomic mass is 9.87. The van der Waals surface area contributed by atoms with Crippen LogP contribution in [0.15, 0.2) is 28.8 Å². The second kappa shape index (κ2) is 7.40. The van der Waals surface area contributed by atoms with E-state index in [4.69, 9.17) is 5.73 Å². The summed E-state index contributed by atoms with van der Waals surface area (Å²) >= 11 is 0. The van der Waals surface area contributed by atoms with E-state index in [-0.39, 0.29) is 24.1 Å². The Labute approximate surface area is 148 Å². The molecule has 0 aliphatic heterocycles. The van der Waals surface area contributed by atoms with Crippen molar-refractivity contribution in [3.8, 4) is 11.4 Å². The molecule has 0 spiro atoms. The number of nitrogens with zero attached hydrogens (tertiary/aromatic N) is 2. The van der Waals surface area contributed by atoms with Gasteiger partial charge in [0.15, 0.2) is 0 Å². The molecule has 3 N–H and O–H groups in total. The van der Waals surface area contributed by atoms with Gasteiger partial charge in [-0.2, -0.15) is 18.2 Å². The van der Waals surface area contributed by atoms with E-state index in [9.17, 15) is 18.0 Å². The molecule has 0 radical (unpaired) electrons. The molecule has 1 aromatic heterocycles. The number of hydrogen-bond acceptors (Lipinski definition) is 5. The molecule has 2 aromatic rings. The van der Waals surface area contributed by atoms with E-state index in [0.717, 1.165) is 0 Å². The smallest absolute Gasteiger partial charge is 0.329 e. The molecule has 1 heterocycles. The number of alkyl halides is 3. The van der Waals surface area contributed by atoms with Crippen LogP contribution in [-0.4, -0.2) is 22.1 Å². The third kappa shape index (κ3) is 5.17. The summed E-state index contributed by atoms with van der Waals surface area (Å²) < 4.78 is 41.5. The van der Waals surface area contributed by atoms with Gasteiger partial charge >= 0.3 is 12.1 Å². The summed E-state index contributed by atoms with van der Waals surface area (Å²) in [4.78, 5) is 15.3. The summed E-state index contributed by atoms with van der Waals surface area (Å²) in [5.74, 6) is -1.95. The summed E-state index contributed by atoms with van der Waals surface area (Å²) in [6.07, 6.45) is -4.69. The Balaban J connectivity index is 0.00000312. The summed E-state index contributed by atoms with van der Waals surface area (Å²) in [5.41, 5.74) is 6.24. The Morgan fingerprint density at radius 2 is 1.76 bits per heavy atom. The van der Waals surface area contributed by atoms with Crippen LogP contribution in [0.3, 0.4) is 0 Å². The fourth-order valence-electron chi connectivity index (χ4n) is 1.77. The summed E-state index contributed by atoms with van der Waals surface area (Å²) in [7, 11) is 0. The van der Waals surface area contributed by atoms with E-state index in [1.807, 2.05) is 20.8 Å². The van der Waals surface area contributed by atoms with Crippen molar-refractivity contribution in [1.82, 2.24) is 10.1 Å². The SMILES string of the molecule is CC(C)(C)[C@H](N)C(=O)Nc1ccc(-c2noc(C(F)(F)F)n2)cc1.Cl. The van der Waals surface area contributed by atoms with Crippen LogP contribution in [-0.2, 0) is 11.0 Å². The molecule has 0 bridgehead atoms. The lowest BCUT2D eigenvalue weighted by Gasteiger charge is -2.25. The lowest BCUT2D eigenvalue weighted by molar-refractivity contribution is -0.159. The second-order valence-electron chi connectivity index (χ2n) is 6.33. The van der Waals surface area contributed by atoms with Gasteiger partial charge in [0.25, 0.3) is 0 Å². The van der Waals surface area contributed by atoms with Crippen LogP contribution in [0.5, 0.6) is 0 Å². The van der Waals surface area contributed by atoms with Crippen LogP contribution in [0.2, 0.25) is 0 Å². The Kier molecular flexibility index (Phi) is 6.19. The van der Waals surface area contributed by atoms with Gasteiger partial charge in [-0.1, -0.05) is 25.9 Å². The maximum atomic E-state index is 12.4. The molecule has 1 amide bonds. The van der Waals surface area contributed by atoms with Crippen molar-refractivity contribution >= 4 is 24.0 Å².